The van der Waals surface area contributed by atoms with Crippen LogP contribution < -0.4 is 4.74 Å². The van der Waals surface area contributed by atoms with Gasteiger partial charge in [-0.05, 0) is 51.3 Å². The van der Waals surface area contributed by atoms with Crippen molar-refractivity contribution >= 4 is 35.1 Å². The van der Waals surface area contributed by atoms with Crippen molar-refractivity contribution in [2.75, 3.05) is 7.11 Å². The van der Waals surface area contributed by atoms with E-state index in [9.17, 15) is 9.59 Å². The van der Waals surface area contributed by atoms with Crippen molar-refractivity contribution < 1.29 is 19.1 Å². The summed E-state index contributed by atoms with van der Waals surface area (Å²) >= 11 is 7.53. The summed E-state index contributed by atoms with van der Waals surface area (Å²) in [6.07, 6.45) is 2.06. The molecule has 1 aliphatic rings. The highest BCUT2D eigenvalue weighted by molar-refractivity contribution is 8.00. The number of carbonyl (C=O) groups excluding carboxylic acids is 2. The summed E-state index contributed by atoms with van der Waals surface area (Å²) in [5.41, 5.74) is 2.01. The van der Waals surface area contributed by atoms with E-state index < -0.39 is 11.2 Å². The lowest BCUT2D eigenvalue weighted by Gasteiger charge is -2.13. The third-order valence-corrected chi connectivity index (χ3v) is 6.93. The number of thioether (sulfide) groups is 1. The lowest BCUT2D eigenvalue weighted by molar-refractivity contribution is 0.0599. The van der Waals surface area contributed by atoms with Crippen LogP contribution in [0.5, 0.6) is 5.75 Å². The molecule has 10 heteroatoms. The molecule has 1 aliphatic carbocycles. The summed E-state index contributed by atoms with van der Waals surface area (Å²) in [4.78, 5) is 28.3. The zero-order valence-electron chi connectivity index (χ0n) is 18.8. The minimum absolute atomic E-state index is 0.116. The van der Waals surface area contributed by atoms with Gasteiger partial charge in [-0.3, -0.25) is 9.36 Å². The van der Waals surface area contributed by atoms with E-state index in [-0.39, 0.29) is 12.4 Å². The van der Waals surface area contributed by atoms with E-state index in [0.717, 1.165) is 12.8 Å². The van der Waals surface area contributed by atoms with E-state index in [1.807, 2.05) is 19.1 Å². The van der Waals surface area contributed by atoms with Gasteiger partial charge in [0.2, 0.25) is 0 Å². The Morgan fingerprint density at radius 2 is 2.00 bits per heavy atom. The fourth-order valence-electron chi connectivity index (χ4n) is 3.71. The number of nitrogens with zero attached hydrogens (tertiary/aromatic N) is 3. The molecule has 1 aromatic carbocycles. The number of aryl methyl sites for hydroxylation is 1. The number of para-hydroxylation sites is 1. The fourth-order valence-corrected chi connectivity index (χ4v) is 4.90. The topological polar surface area (TPSA) is 99.1 Å². The first kappa shape index (κ1) is 23.4. The quantitative estimate of drug-likeness (QED) is 0.258. The molecule has 4 rings (SSSR count). The van der Waals surface area contributed by atoms with Gasteiger partial charge in [0.05, 0.1) is 28.6 Å². The highest BCUT2D eigenvalue weighted by Gasteiger charge is 2.32. The molecule has 0 amide bonds. The van der Waals surface area contributed by atoms with Crippen LogP contribution in [0.3, 0.4) is 0 Å². The monoisotopic (exact) mass is 488 g/mol. The van der Waals surface area contributed by atoms with Crippen LogP contribution in [0.25, 0.3) is 0 Å². The lowest BCUT2D eigenvalue weighted by Crippen LogP contribution is -2.17. The first-order valence-corrected chi connectivity index (χ1v) is 11.9. The first-order chi connectivity index (χ1) is 15.8. The molecular formula is C23H25ClN4O4S. The molecule has 1 N–H and O–H groups in total. The van der Waals surface area contributed by atoms with Gasteiger partial charge in [0.25, 0.3) is 0 Å². The van der Waals surface area contributed by atoms with E-state index in [2.05, 4.69) is 19.7 Å². The number of carbonyl (C=O) groups is 2. The van der Waals surface area contributed by atoms with Crippen LogP contribution in [-0.2, 0) is 11.3 Å². The van der Waals surface area contributed by atoms with Gasteiger partial charge >= 0.3 is 5.97 Å². The number of Topliss-reactive ketones (excluding diaryl/α,β-unsaturated/α-hetero) is 1. The molecule has 174 valence electrons. The second kappa shape index (κ2) is 9.61. The van der Waals surface area contributed by atoms with E-state index in [4.69, 9.17) is 21.1 Å². The van der Waals surface area contributed by atoms with Gasteiger partial charge in [-0.2, -0.15) is 0 Å². The first-order valence-electron chi connectivity index (χ1n) is 10.6. The molecule has 1 atom stereocenters. The highest BCUT2D eigenvalue weighted by atomic mass is 35.5. The van der Waals surface area contributed by atoms with Crippen molar-refractivity contribution in [3.63, 3.8) is 0 Å². The van der Waals surface area contributed by atoms with Gasteiger partial charge in [0.1, 0.15) is 12.4 Å². The van der Waals surface area contributed by atoms with Crippen LogP contribution in [0.4, 0.5) is 0 Å². The number of halogens is 1. The largest absolute Gasteiger partial charge is 0.484 e. The number of aromatic amines is 1. The van der Waals surface area contributed by atoms with Crippen molar-refractivity contribution in [3.8, 4) is 5.75 Å². The Kier molecular flexibility index (Phi) is 6.81. The van der Waals surface area contributed by atoms with Crippen LogP contribution >= 0.6 is 23.4 Å². The number of methoxy groups -OCH3 is 1. The van der Waals surface area contributed by atoms with Gasteiger partial charge in [0, 0.05) is 11.7 Å². The number of ketones is 1. The standard InChI is InChI=1S/C23H25ClN4O4S/c1-12-19(22(30)31-4)13(2)25-20(12)21(29)14(3)33-23-27-26-18(28(23)15-9-10-15)11-32-17-8-6-5-7-16(17)24/h5-8,14-15,25H,9-11H2,1-4H3. The van der Waals surface area contributed by atoms with Gasteiger partial charge < -0.3 is 14.5 Å². The van der Waals surface area contributed by atoms with Crippen LogP contribution in [0.2, 0.25) is 5.02 Å². The number of benzene rings is 1. The van der Waals surface area contributed by atoms with E-state index in [1.165, 1.54) is 18.9 Å². The van der Waals surface area contributed by atoms with E-state index >= 15 is 0 Å². The summed E-state index contributed by atoms with van der Waals surface area (Å²) in [6, 6.07) is 7.58. The number of nitrogens with one attached hydrogen (secondary N) is 1. The van der Waals surface area contributed by atoms with Gasteiger partial charge in [-0.25, -0.2) is 4.79 Å². The molecule has 0 aliphatic heterocycles. The molecule has 1 fully saturated rings. The number of ether oxygens (including phenoxy) is 2. The SMILES string of the molecule is COC(=O)c1c(C)[nH]c(C(=O)C(C)Sc2nnc(COc3ccccc3Cl)n2C2CC2)c1C. The average Bonchev–Trinajstić information content (AvgIpc) is 3.49. The Bertz CT molecular complexity index is 1200. The second-order valence-corrected chi connectivity index (χ2v) is 9.68. The molecule has 2 heterocycles. The zero-order valence-corrected chi connectivity index (χ0v) is 20.4. The lowest BCUT2D eigenvalue weighted by atomic mass is 10.1. The number of aromatic nitrogens is 4. The van der Waals surface area contributed by atoms with Crippen molar-refractivity contribution in [2.45, 2.75) is 56.7 Å². The summed E-state index contributed by atoms with van der Waals surface area (Å²) in [5.74, 6) is 0.702. The van der Waals surface area contributed by atoms with Gasteiger partial charge in [0.15, 0.2) is 16.8 Å². The third kappa shape index (κ3) is 4.79. The summed E-state index contributed by atoms with van der Waals surface area (Å²) in [5, 5.41) is 9.43. The number of H-pyrrole nitrogens is 1. The summed E-state index contributed by atoms with van der Waals surface area (Å²) in [6.45, 7) is 5.56. The Morgan fingerprint density at radius 1 is 1.27 bits per heavy atom. The molecule has 1 saturated carbocycles. The van der Waals surface area contributed by atoms with Crippen molar-refractivity contribution in [1.29, 1.82) is 0 Å². The highest BCUT2D eigenvalue weighted by Crippen LogP contribution is 2.40. The molecule has 3 aromatic rings. The van der Waals surface area contributed by atoms with Crippen molar-refractivity contribution in [2.24, 2.45) is 0 Å². The van der Waals surface area contributed by atoms with Crippen LogP contribution in [0, 0.1) is 13.8 Å². The van der Waals surface area contributed by atoms with Crippen molar-refractivity contribution in [1.82, 2.24) is 19.7 Å². The zero-order chi connectivity index (χ0) is 23.7. The number of rotatable bonds is 9. The molecule has 33 heavy (non-hydrogen) atoms. The van der Waals surface area contributed by atoms with Crippen molar-refractivity contribution in [3.05, 3.63) is 57.6 Å². The predicted molar refractivity (Wildman–Crippen MR) is 125 cm³/mol. The molecule has 2 aromatic heterocycles. The Hall–Kier alpha value is -2.78. The maximum Gasteiger partial charge on any atom is 0.339 e. The van der Waals surface area contributed by atoms with E-state index in [0.29, 0.717) is 50.3 Å². The van der Waals surface area contributed by atoms with Gasteiger partial charge in [-0.15, -0.1) is 10.2 Å². The third-order valence-electron chi connectivity index (χ3n) is 5.57. The molecule has 0 bridgehead atoms. The second-order valence-electron chi connectivity index (χ2n) is 7.96. The Labute approximate surface area is 201 Å². The smallest absolute Gasteiger partial charge is 0.339 e. The minimum atomic E-state index is -0.461. The number of hydrogen-bond acceptors (Lipinski definition) is 7. The van der Waals surface area contributed by atoms with Crippen LogP contribution in [0.1, 0.15) is 63.7 Å². The summed E-state index contributed by atoms with van der Waals surface area (Å²) in [7, 11) is 1.33. The molecule has 1 unspecified atom stereocenters. The molecule has 8 nitrogen and oxygen atoms in total. The van der Waals surface area contributed by atoms with Gasteiger partial charge in [-0.1, -0.05) is 35.5 Å². The molecule has 0 radical (unpaired) electrons. The fraction of sp³-hybridized carbons (Fsp3) is 0.391. The van der Waals surface area contributed by atoms with Crippen LogP contribution in [0.15, 0.2) is 29.4 Å². The van der Waals surface area contributed by atoms with Crippen LogP contribution in [-0.4, -0.2) is 43.9 Å². The minimum Gasteiger partial charge on any atom is -0.484 e. The molecular weight excluding hydrogens is 464 g/mol. The van der Waals surface area contributed by atoms with E-state index in [1.54, 1.807) is 26.0 Å². The Morgan fingerprint density at radius 3 is 2.67 bits per heavy atom. The predicted octanol–water partition coefficient (Wildman–Crippen LogP) is 4.94. The maximum atomic E-state index is 13.2. The Balaban J connectivity index is 1.52. The number of hydrogen-bond donors (Lipinski definition) is 1. The number of esters is 1. The molecule has 0 saturated heterocycles. The normalized spacial score (nSPS) is 14.2. The maximum absolute atomic E-state index is 13.2. The summed E-state index contributed by atoms with van der Waals surface area (Å²) < 4.78 is 12.8. The average molecular weight is 489 g/mol. The molecule has 0 spiro atoms.